The summed E-state index contributed by atoms with van der Waals surface area (Å²) in [5, 5.41) is 2.49. The number of pyridine rings is 1. The third-order valence-corrected chi connectivity index (χ3v) is 2.66. The van der Waals surface area contributed by atoms with Crippen LogP contribution in [0.5, 0.6) is 0 Å². The van der Waals surface area contributed by atoms with Crippen LogP contribution >= 0.6 is 0 Å². The van der Waals surface area contributed by atoms with Crippen molar-refractivity contribution in [2.75, 3.05) is 0 Å². The molecule has 3 aromatic rings. The first-order valence-electron chi connectivity index (χ1n) is 4.57. The van der Waals surface area contributed by atoms with E-state index in [4.69, 9.17) is 0 Å². The van der Waals surface area contributed by atoms with Crippen LogP contribution in [-0.4, -0.2) is 9.55 Å². The number of hydrogen-bond donors (Lipinski definition) is 0. The number of aryl methyl sites for hydroxylation is 1. The van der Waals surface area contributed by atoms with Crippen LogP contribution < -0.4 is 0 Å². The highest BCUT2D eigenvalue weighted by Gasteiger charge is 2.05. The number of rotatable bonds is 0. The van der Waals surface area contributed by atoms with Crippen LogP contribution in [0.15, 0.2) is 36.5 Å². The lowest BCUT2D eigenvalue weighted by atomic mass is 10.2. The Bertz CT molecular complexity index is 555. The molecule has 1 radical (unpaired) electrons. The van der Waals surface area contributed by atoms with Gasteiger partial charge in [0, 0.05) is 23.3 Å². The summed E-state index contributed by atoms with van der Waals surface area (Å²) in [6.45, 7) is 0. The van der Waals surface area contributed by atoms with Gasteiger partial charge < -0.3 is 4.57 Å². The van der Waals surface area contributed by atoms with Crippen molar-refractivity contribution in [1.82, 2.24) is 9.55 Å². The Morgan fingerprint density at radius 1 is 1.14 bits per heavy atom. The van der Waals surface area contributed by atoms with Gasteiger partial charge in [0.15, 0.2) is 0 Å². The number of fused-ring (bicyclic) bond motifs is 3. The smallest absolute Gasteiger partial charge is 0.0894 e. The predicted molar refractivity (Wildman–Crippen MR) is 57.1 cm³/mol. The van der Waals surface area contributed by atoms with Crippen molar-refractivity contribution in [3.63, 3.8) is 0 Å². The van der Waals surface area contributed by atoms with Crippen LogP contribution in [0, 0.1) is 6.20 Å². The van der Waals surface area contributed by atoms with Crippen molar-refractivity contribution in [2.45, 2.75) is 0 Å². The zero-order chi connectivity index (χ0) is 9.54. The molecular formula is C12H9N2. The molecule has 0 amide bonds. The van der Waals surface area contributed by atoms with Gasteiger partial charge >= 0.3 is 0 Å². The Morgan fingerprint density at radius 3 is 2.93 bits per heavy atom. The van der Waals surface area contributed by atoms with Gasteiger partial charge in [-0.2, -0.15) is 0 Å². The third kappa shape index (κ3) is 0.826. The molecule has 3 rings (SSSR count). The fourth-order valence-corrected chi connectivity index (χ4v) is 1.95. The molecule has 0 saturated carbocycles. The lowest BCUT2D eigenvalue weighted by molar-refractivity contribution is 1.01. The van der Waals surface area contributed by atoms with Gasteiger partial charge in [0.2, 0.25) is 0 Å². The average molecular weight is 181 g/mol. The minimum atomic E-state index is 1.16. The topological polar surface area (TPSA) is 17.8 Å². The Labute approximate surface area is 81.8 Å². The van der Waals surface area contributed by atoms with E-state index in [2.05, 4.69) is 47.1 Å². The fourth-order valence-electron chi connectivity index (χ4n) is 1.95. The number of hydrogen-bond acceptors (Lipinski definition) is 1. The molecule has 1 aromatic carbocycles. The molecule has 0 spiro atoms. The van der Waals surface area contributed by atoms with Crippen molar-refractivity contribution in [1.29, 1.82) is 0 Å². The van der Waals surface area contributed by atoms with Crippen LogP contribution in [0.2, 0.25) is 0 Å². The number of benzene rings is 1. The summed E-state index contributed by atoms with van der Waals surface area (Å²) in [5.41, 5.74) is 2.40. The van der Waals surface area contributed by atoms with E-state index >= 15 is 0 Å². The lowest BCUT2D eigenvalue weighted by Crippen LogP contribution is -1.86. The first-order chi connectivity index (χ1) is 6.88. The second kappa shape index (κ2) is 2.58. The molecule has 2 heterocycles. The molecule has 0 aliphatic carbocycles. The average Bonchev–Trinajstić information content (AvgIpc) is 2.55. The maximum absolute atomic E-state index is 4.02. The molecule has 2 heteroatoms. The van der Waals surface area contributed by atoms with Crippen LogP contribution in [0.25, 0.3) is 21.8 Å². The zero-order valence-electron chi connectivity index (χ0n) is 7.86. The van der Waals surface area contributed by atoms with E-state index in [1.54, 1.807) is 0 Å². The van der Waals surface area contributed by atoms with E-state index in [1.165, 1.54) is 16.3 Å². The summed E-state index contributed by atoms with van der Waals surface area (Å²) < 4.78 is 2.16. The molecule has 67 valence electrons. The van der Waals surface area contributed by atoms with Crippen LogP contribution in [0.1, 0.15) is 0 Å². The standard InChI is InChI=1S/C12H9N2/c1-14-11-5-3-2-4-9(11)10-6-7-13-8-12(10)14/h2-6,8H,1H3. The molecule has 0 unspecified atom stereocenters. The molecule has 2 aromatic heterocycles. The first-order valence-corrected chi connectivity index (χ1v) is 4.57. The molecule has 0 aliphatic heterocycles. The van der Waals surface area contributed by atoms with Gasteiger partial charge in [0.05, 0.1) is 17.9 Å². The van der Waals surface area contributed by atoms with Crippen LogP contribution in [0.4, 0.5) is 0 Å². The number of nitrogens with zero attached hydrogens (tertiary/aromatic N) is 2. The summed E-state index contributed by atoms with van der Waals surface area (Å²) in [7, 11) is 2.06. The van der Waals surface area contributed by atoms with Crippen molar-refractivity contribution in [3.8, 4) is 0 Å². The lowest BCUT2D eigenvalue weighted by Gasteiger charge is -1.95. The van der Waals surface area contributed by atoms with E-state index < -0.39 is 0 Å². The number of aromatic nitrogens is 2. The molecule has 0 saturated heterocycles. The summed E-state index contributed by atoms with van der Waals surface area (Å²) in [5.74, 6) is 0. The normalized spacial score (nSPS) is 11.2. The Hall–Kier alpha value is -1.83. The van der Waals surface area contributed by atoms with E-state index in [9.17, 15) is 0 Å². The largest absolute Gasteiger partial charge is 0.342 e. The van der Waals surface area contributed by atoms with E-state index in [0.29, 0.717) is 0 Å². The van der Waals surface area contributed by atoms with Gasteiger partial charge in [-0.15, -0.1) is 0 Å². The molecule has 0 N–H and O–H groups in total. The molecule has 2 nitrogen and oxygen atoms in total. The van der Waals surface area contributed by atoms with E-state index in [1.807, 2.05) is 12.3 Å². The maximum Gasteiger partial charge on any atom is 0.0894 e. The maximum atomic E-state index is 4.02. The predicted octanol–water partition coefficient (Wildman–Crippen LogP) is 2.53. The Balaban J connectivity index is 2.69. The van der Waals surface area contributed by atoms with Gasteiger partial charge in [-0.25, -0.2) is 0 Å². The minimum Gasteiger partial charge on any atom is -0.342 e. The molecule has 0 bridgehead atoms. The second-order valence-corrected chi connectivity index (χ2v) is 3.41. The van der Waals surface area contributed by atoms with Gasteiger partial charge in [-0.1, -0.05) is 18.2 Å². The molecule has 0 aliphatic rings. The second-order valence-electron chi connectivity index (χ2n) is 3.41. The molecule has 0 atom stereocenters. The summed E-state index contributed by atoms with van der Waals surface area (Å²) in [6, 6.07) is 10.3. The van der Waals surface area contributed by atoms with Crippen molar-refractivity contribution >= 4 is 21.8 Å². The highest BCUT2D eigenvalue weighted by molar-refractivity contribution is 6.07. The SMILES string of the molecule is Cn1c2ccccc2c2c[c]ncc21. The Kier molecular flexibility index (Phi) is 1.39. The quantitative estimate of drug-likeness (QED) is 0.521. The van der Waals surface area contributed by atoms with Gasteiger partial charge in [0.25, 0.3) is 0 Å². The van der Waals surface area contributed by atoms with E-state index in [0.717, 1.165) is 5.52 Å². The van der Waals surface area contributed by atoms with Gasteiger partial charge in [-0.05, 0) is 12.1 Å². The first kappa shape index (κ1) is 7.56. The fraction of sp³-hybridized carbons (Fsp3) is 0.0833. The molecule has 14 heavy (non-hydrogen) atoms. The number of para-hydroxylation sites is 1. The third-order valence-electron chi connectivity index (χ3n) is 2.66. The van der Waals surface area contributed by atoms with Crippen LogP contribution in [-0.2, 0) is 7.05 Å². The van der Waals surface area contributed by atoms with Crippen LogP contribution in [0.3, 0.4) is 0 Å². The van der Waals surface area contributed by atoms with Crippen molar-refractivity contribution in [3.05, 3.63) is 42.7 Å². The minimum absolute atomic E-state index is 1.16. The highest BCUT2D eigenvalue weighted by Crippen LogP contribution is 2.26. The highest BCUT2D eigenvalue weighted by atomic mass is 14.9. The van der Waals surface area contributed by atoms with E-state index in [-0.39, 0.29) is 0 Å². The summed E-state index contributed by atoms with van der Waals surface area (Å²) in [6.07, 6.45) is 4.73. The molecule has 0 fully saturated rings. The zero-order valence-corrected chi connectivity index (χ0v) is 7.86. The van der Waals surface area contributed by atoms with Gasteiger partial charge in [0.1, 0.15) is 0 Å². The monoisotopic (exact) mass is 181 g/mol. The Morgan fingerprint density at radius 2 is 2.00 bits per heavy atom. The van der Waals surface area contributed by atoms with Crippen molar-refractivity contribution in [2.24, 2.45) is 7.05 Å². The van der Waals surface area contributed by atoms with Gasteiger partial charge in [-0.3, -0.25) is 4.98 Å². The molecular weight excluding hydrogens is 172 g/mol. The summed E-state index contributed by atoms with van der Waals surface area (Å²) >= 11 is 0. The van der Waals surface area contributed by atoms with Crippen molar-refractivity contribution < 1.29 is 0 Å². The summed E-state index contributed by atoms with van der Waals surface area (Å²) in [4.78, 5) is 4.02.